The second-order valence-electron chi connectivity index (χ2n) is 8.09. The van der Waals surface area contributed by atoms with Gasteiger partial charge in [0.1, 0.15) is 5.75 Å². The zero-order valence-corrected chi connectivity index (χ0v) is 19.4. The average molecular weight is 480 g/mol. The van der Waals surface area contributed by atoms with Crippen molar-refractivity contribution in [3.05, 3.63) is 65.6 Å². The molecule has 1 aliphatic heterocycles. The maximum absolute atomic E-state index is 14.4. The van der Waals surface area contributed by atoms with Crippen LogP contribution in [0.25, 0.3) is 0 Å². The highest BCUT2D eigenvalue weighted by Gasteiger charge is 2.20. The second-order valence-corrected chi connectivity index (χ2v) is 8.09. The summed E-state index contributed by atoms with van der Waals surface area (Å²) in [6.45, 7) is 3.10. The van der Waals surface area contributed by atoms with E-state index in [2.05, 4.69) is 25.5 Å². The van der Waals surface area contributed by atoms with Crippen molar-refractivity contribution in [2.24, 2.45) is 5.73 Å². The number of nitrogens with zero attached hydrogens (tertiary/aromatic N) is 4. The number of carbonyl (C=O) groups is 2. The van der Waals surface area contributed by atoms with Crippen molar-refractivity contribution >= 4 is 35.0 Å². The van der Waals surface area contributed by atoms with E-state index >= 15 is 0 Å². The predicted molar refractivity (Wildman–Crippen MR) is 130 cm³/mol. The first-order valence-electron chi connectivity index (χ1n) is 11.0. The predicted octanol–water partition coefficient (Wildman–Crippen LogP) is 2.60. The van der Waals surface area contributed by atoms with Gasteiger partial charge >= 0.3 is 0 Å². The molecule has 0 aliphatic carbocycles. The monoisotopic (exact) mass is 479 g/mol. The van der Waals surface area contributed by atoms with Gasteiger partial charge < -0.3 is 30.9 Å². The summed E-state index contributed by atoms with van der Waals surface area (Å²) in [5.74, 6) is -0.926. The van der Waals surface area contributed by atoms with Gasteiger partial charge in [-0.2, -0.15) is 4.98 Å². The lowest BCUT2D eigenvalue weighted by molar-refractivity contribution is 0.0664. The van der Waals surface area contributed by atoms with Crippen LogP contribution in [0.15, 0.2) is 48.7 Å². The van der Waals surface area contributed by atoms with Crippen molar-refractivity contribution in [1.82, 2.24) is 19.8 Å². The first-order chi connectivity index (χ1) is 16.8. The molecule has 1 fully saturated rings. The van der Waals surface area contributed by atoms with Gasteiger partial charge in [0, 0.05) is 43.0 Å². The van der Waals surface area contributed by atoms with Crippen LogP contribution in [0.5, 0.6) is 5.75 Å². The molecule has 11 heteroatoms. The molecule has 0 unspecified atom stereocenters. The minimum Gasteiger partial charge on any atom is -0.495 e. The van der Waals surface area contributed by atoms with E-state index in [-0.39, 0.29) is 23.2 Å². The zero-order valence-electron chi connectivity index (χ0n) is 19.4. The molecule has 2 heterocycles. The van der Waals surface area contributed by atoms with E-state index in [1.807, 2.05) is 11.9 Å². The summed E-state index contributed by atoms with van der Waals surface area (Å²) in [6.07, 6.45) is 1.03. The molecule has 2 amide bonds. The lowest BCUT2D eigenvalue weighted by Crippen LogP contribution is -2.47. The fourth-order valence-corrected chi connectivity index (χ4v) is 3.61. The van der Waals surface area contributed by atoms with Gasteiger partial charge in [0.15, 0.2) is 11.6 Å². The standard InChI is InChI=1S/C24H26FN7O3/c1-31-9-11-32(12-10-31)23(34)15-3-6-17(7-4-15)28-24-27-14-18(25)22(30-24)29-19-8-5-16(21(26)33)13-20(19)35-2/h3-8,13-14H,9-12H2,1-2H3,(H2,26,33)(H2,27,28,29,30). The molecule has 0 radical (unpaired) electrons. The zero-order chi connectivity index (χ0) is 24.9. The third kappa shape index (κ3) is 5.64. The molecule has 1 aliphatic rings. The summed E-state index contributed by atoms with van der Waals surface area (Å²) in [6, 6.07) is 11.4. The van der Waals surface area contributed by atoms with Gasteiger partial charge in [0.05, 0.1) is 19.0 Å². The summed E-state index contributed by atoms with van der Waals surface area (Å²) in [4.78, 5) is 36.3. The summed E-state index contributed by atoms with van der Waals surface area (Å²) in [5, 5.41) is 5.86. The number of rotatable bonds is 7. The number of halogens is 1. The lowest BCUT2D eigenvalue weighted by atomic mass is 10.1. The number of nitrogens with one attached hydrogen (secondary N) is 2. The Morgan fingerprint density at radius 3 is 2.37 bits per heavy atom. The average Bonchev–Trinajstić information content (AvgIpc) is 2.86. The van der Waals surface area contributed by atoms with Crippen LogP contribution < -0.4 is 21.1 Å². The Kier molecular flexibility index (Phi) is 7.06. The summed E-state index contributed by atoms with van der Waals surface area (Å²) < 4.78 is 19.7. The number of carbonyl (C=O) groups excluding carboxylic acids is 2. The van der Waals surface area contributed by atoms with Gasteiger partial charge in [-0.3, -0.25) is 9.59 Å². The van der Waals surface area contributed by atoms with Crippen molar-refractivity contribution in [3.8, 4) is 5.75 Å². The van der Waals surface area contributed by atoms with Crippen LogP contribution in [0.3, 0.4) is 0 Å². The molecular formula is C24H26FN7O3. The lowest BCUT2D eigenvalue weighted by Gasteiger charge is -2.32. The summed E-state index contributed by atoms with van der Waals surface area (Å²) in [7, 11) is 3.46. The molecule has 35 heavy (non-hydrogen) atoms. The summed E-state index contributed by atoms with van der Waals surface area (Å²) in [5.41, 5.74) is 7.18. The number of piperazine rings is 1. The van der Waals surface area contributed by atoms with Crippen molar-refractivity contribution in [3.63, 3.8) is 0 Å². The van der Waals surface area contributed by atoms with E-state index in [1.165, 1.54) is 19.2 Å². The van der Waals surface area contributed by atoms with Crippen LogP contribution in [0.1, 0.15) is 20.7 Å². The number of methoxy groups -OCH3 is 1. The molecular weight excluding hydrogens is 453 g/mol. The fourth-order valence-electron chi connectivity index (χ4n) is 3.61. The SMILES string of the molecule is COc1cc(C(N)=O)ccc1Nc1nc(Nc2ccc(C(=O)N3CCN(C)CC3)cc2)ncc1F. The first kappa shape index (κ1) is 23.9. The molecule has 1 aromatic heterocycles. The Morgan fingerprint density at radius 2 is 1.71 bits per heavy atom. The third-order valence-corrected chi connectivity index (χ3v) is 5.66. The number of nitrogens with two attached hydrogens (primary N) is 1. The van der Waals surface area contributed by atoms with Gasteiger partial charge in [0.25, 0.3) is 5.91 Å². The molecule has 10 nitrogen and oxygen atoms in total. The van der Waals surface area contributed by atoms with Gasteiger partial charge in [-0.15, -0.1) is 0 Å². The third-order valence-electron chi connectivity index (χ3n) is 5.66. The van der Waals surface area contributed by atoms with Crippen LogP contribution in [0.2, 0.25) is 0 Å². The number of anilines is 4. The number of primary amides is 1. The molecule has 4 N–H and O–H groups in total. The van der Waals surface area contributed by atoms with E-state index < -0.39 is 11.7 Å². The quantitative estimate of drug-likeness (QED) is 0.472. The van der Waals surface area contributed by atoms with Crippen LogP contribution >= 0.6 is 0 Å². The van der Waals surface area contributed by atoms with Crippen molar-refractivity contribution in [2.75, 3.05) is 51.0 Å². The highest BCUT2D eigenvalue weighted by molar-refractivity contribution is 5.95. The minimum absolute atomic E-state index is 0.00882. The van der Waals surface area contributed by atoms with Gasteiger partial charge in [0.2, 0.25) is 11.9 Å². The maximum atomic E-state index is 14.4. The van der Waals surface area contributed by atoms with Crippen LogP contribution in [-0.2, 0) is 0 Å². The van der Waals surface area contributed by atoms with Crippen molar-refractivity contribution < 1.29 is 18.7 Å². The Labute approximate surface area is 201 Å². The number of likely N-dealkylation sites (N-methyl/N-ethyl adjacent to an activating group) is 1. The first-order valence-corrected chi connectivity index (χ1v) is 11.0. The molecule has 1 saturated heterocycles. The molecule has 3 aromatic rings. The Balaban J connectivity index is 1.46. The van der Waals surface area contributed by atoms with Gasteiger partial charge in [-0.05, 0) is 49.5 Å². The largest absolute Gasteiger partial charge is 0.495 e. The second kappa shape index (κ2) is 10.3. The normalized spacial score (nSPS) is 13.9. The van der Waals surface area contributed by atoms with E-state index in [0.29, 0.717) is 35.8 Å². The van der Waals surface area contributed by atoms with Crippen LogP contribution in [0.4, 0.5) is 27.5 Å². The molecule has 2 aromatic carbocycles. The smallest absolute Gasteiger partial charge is 0.253 e. The number of hydrogen-bond acceptors (Lipinski definition) is 8. The Hall–Kier alpha value is -4.25. The highest BCUT2D eigenvalue weighted by Crippen LogP contribution is 2.29. The molecule has 0 spiro atoms. The van der Waals surface area contributed by atoms with Crippen molar-refractivity contribution in [2.45, 2.75) is 0 Å². The highest BCUT2D eigenvalue weighted by atomic mass is 19.1. The number of hydrogen-bond donors (Lipinski definition) is 3. The molecule has 0 atom stereocenters. The van der Waals surface area contributed by atoms with Gasteiger partial charge in [-0.1, -0.05) is 0 Å². The van der Waals surface area contributed by atoms with E-state index in [0.717, 1.165) is 19.3 Å². The molecule has 0 saturated carbocycles. The molecule has 182 valence electrons. The van der Waals surface area contributed by atoms with E-state index in [4.69, 9.17) is 10.5 Å². The maximum Gasteiger partial charge on any atom is 0.253 e. The fraction of sp³-hybridized carbons (Fsp3) is 0.250. The topological polar surface area (TPSA) is 126 Å². The van der Waals surface area contributed by atoms with Crippen LogP contribution in [-0.4, -0.2) is 71.9 Å². The number of benzene rings is 2. The van der Waals surface area contributed by atoms with Crippen LogP contribution in [0, 0.1) is 5.82 Å². The Morgan fingerprint density at radius 1 is 1.03 bits per heavy atom. The number of ether oxygens (including phenoxy) is 1. The Bertz CT molecular complexity index is 1230. The van der Waals surface area contributed by atoms with Crippen molar-refractivity contribution in [1.29, 1.82) is 0 Å². The molecule has 0 bridgehead atoms. The number of aromatic nitrogens is 2. The van der Waals surface area contributed by atoms with E-state index in [9.17, 15) is 14.0 Å². The minimum atomic E-state index is -0.676. The van der Waals surface area contributed by atoms with Gasteiger partial charge in [-0.25, -0.2) is 9.37 Å². The summed E-state index contributed by atoms with van der Waals surface area (Å²) >= 11 is 0. The molecule has 4 rings (SSSR count). The number of amides is 2. The van der Waals surface area contributed by atoms with E-state index in [1.54, 1.807) is 30.3 Å².